The van der Waals surface area contributed by atoms with Gasteiger partial charge in [-0.05, 0) is 39.0 Å². The lowest BCUT2D eigenvalue weighted by Crippen LogP contribution is -2.24. The van der Waals surface area contributed by atoms with Gasteiger partial charge in [0.1, 0.15) is 17.4 Å². The van der Waals surface area contributed by atoms with Gasteiger partial charge in [0, 0.05) is 17.0 Å². The van der Waals surface area contributed by atoms with Crippen LogP contribution >= 0.6 is 23.1 Å². The second-order valence-electron chi connectivity index (χ2n) is 6.87. The maximum atomic E-state index is 12.2. The minimum absolute atomic E-state index is 0.0412. The number of carbonyl (C=O) groups excluding carboxylic acids is 2. The lowest BCUT2D eigenvalue weighted by molar-refractivity contribution is -0.141. The maximum absolute atomic E-state index is 12.2. The number of amides is 1. The predicted octanol–water partition coefficient (Wildman–Crippen LogP) is 4.32. The summed E-state index contributed by atoms with van der Waals surface area (Å²) in [5, 5.41) is 8.52. The molecule has 0 saturated carbocycles. The number of nitrogens with one attached hydrogen (secondary N) is 1. The number of aryl methyl sites for hydroxylation is 1. The molecule has 0 aliphatic heterocycles. The fourth-order valence-corrected chi connectivity index (χ4v) is 4.18. The van der Waals surface area contributed by atoms with Gasteiger partial charge in [-0.3, -0.25) is 9.59 Å². The first-order valence-electron chi connectivity index (χ1n) is 10.2. The number of hydrogen-bond acceptors (Lipinski definition) is 10. The molecule has 0 saturated heterocycles. The van der Waals surface area contributed by atoms with E-state index >= 15 is 0 Å². The molecule has 3 rings (SSSR count). The monoisotopic (exact) mass is 491 g/mol. The van der Waals surface area contributed by atoms with Gasteiger partial charge < -0.3 is 24.1 Å². The third-order valence-electron chi connectivity index (χ3n) is 4.34. The van der Waals surface area contributed by atoms with Gasteiger partial charge in [-0.2, -0.15) is 0 Å². The maximum Gasteiger partial charge on any atom is 0.316 e. The number of carbonyl (C=O) groups is 2. The van der Waals surface area contributed by atoms with E-state index in [0.29, 0.717) is 35.4 Å². The summed E-state index contributed by atoms with van der Waals surface area (Å²) in [5.74, 6) is 1.60. The molecule has 0 fully saturated rings. The number of benzene rings is 1. The summed E-state index contributed by atoms with van der Waals surface area (Å²) in [5.41, 5.74) is 1.53. The van der Waals surface area contributed by atoms with E-state index in [0.717, 1.165) is 10.6 Å². The Morgan fingerprint density at radius 1 is 1.27 bits per heavy atom. The quantitative estimate of drug-likeness (QED) is 0.392. The number of thioether (sulfide) groups is 1. The van der Waals surface area contributed by atoms with E-state index in [9.17, 15) is 9.59 Å². The molecule has 0 unspecified atom stereocenters. The number of nitrogens with zero attached hydrogens (tertiary/aromatic N) is 2. The second-order valence-corrected chi connectivity index (χ2v) is 9.06. The Labute approximate surface area is 199 Å². The van der Waals surface area contributed by atoms with Crippen LogP contribution in [0.25, 0.3) is 10.6 Å². The Balaban J connectivity index is 1.47. The summed E-state index contributed by atoms with van der Waals surface area (Å²) in [6.07, 6.45) is 0. The predicted molar refractivity (Wildman–Crippen MR) is 127 cm³/mol. The zero-order valence-corrected chi connectivity index (χ0v) is 20.4. The van der Waals surface area contributed by atoms with E-state index in [4.69, 9.17) is 18.7 Å². The zero-order chi connectivity index (χ0) is 23.8. The van der Waals surface area contributed by atoms with Crippen LogP contribution in [0.2, 0.25) is 0 Å². The highest BCUT2D eigenvalue weighted by molar-refractivity contribution is 8.01. The fraction of sp³-hybridized carbons (Fsp3) is 0.364. The van der Waals surface area contributed by atoms with Crippen molar-refractivity contribution in [3.63, 3.8) is 0 Å². The second kappa shape index (κ2) is 11.7. The van der Waals surface area contributed by atoms with Gasteiger partial charge in [-0.25, -0.2) is 4.98 Å². The average molecular weight is 492 g/mol. The Hall–Kier alpha value is -3.05. The number of esters is 1. The average Bonchev–Trinajstić information content (AvgIpc) is 3.45. The number of thiazole rings is 1. The van der Waals surface area contributed by atoms with E-state index in [1.807, 2.05) is 30.5 Å². The molecule has 2 aromatic heterocycles. The van der Waals surface area contributed by atoms with Crippen molar-refractivity contribution < 1.29 is 28.3 Å². The lowest BCUT2D eigenvalue weighted by Gasteiger charge is -2.10. The normalized spacial score (nSPS) is 11.6. The van der Waals surface area contributed by atoms with Crippen molar-refractivity contribution in [3.05, 3.63) is 41.1 Å². The Kier molecular flexibility index (Phi) is 8.72. The Morgan fingerprint density at radius 3 is 2.79 bits per heavy atom. The molecule has 0 spiro atoms. The molecular weight excluding hydrogens is 466 g/mol. The first-order valence-corrected chi connectivity index (χ1v) is 12.1. The fourth-order valence-electron chi connectivity index (χ4n) is 2.70. The zero-order valence-electron chi connectivity index (χ0n) is 18.7. The smallest absolute Gasteiger partial charge is 0.316 e. The van der Waals surface area contributed by atoms with Gasteiger partial charge in [-0.15, -0.1) is 23.1 Å². The summed E-state index contributed by atoms with van der Waals surface area (Å²) < 4.78 is 21.1. The molecule has 11 heteroatoms. The van der Waals surface area contributed by atoms with E-state index in [1.165, 1.54) is 23.1 Å². The number of aromatic nitrogens is 2. The van der Waals surface area contributed by atoms with Crippen LogP contribution < -0.4 is 14.8 Å². The van der Waals surface area contributed by atoms with Crippen LogP contribution in [0.4, 0.5) is 5.82 Å². The molecule has 2 heterocycles. The van der Waals surface area contributed by atoms with Crippen molar-refractivity contribution in [2.75, 3.05) is 24.8 Å². The van der Waals surface area contributed by atoms with Crippen LogP contribution in [0.15, 0.2) is 34.2 Å². The number of rotatable bonds is 11. The van der Waals surface area contributed by atoms with Gasteiger partial charge in [0.15, 0.2) is 17.3 Å². The van der Waals surface area contributed by atoms with Gasteiger partial charge in [0.25, 0.3) is 0 Å². The standard InChI is InChI=1S/C22H25N3O6S2/c1-5-29-17-7-6-15(9-18(17)28-4)22-23-16(11-33-22)10-30-20(26)12-32-14(3)21(27)24-19-8-13(2)31-25-19/h6-9,11,14H,5,10,12H2,1-4H3,(H,24,25,27)/t14-/m0/s1. The minimum atomic E-state index is -0.463. The van der Waals surface area contributed by atoms with Crippen LogP contribution in [-0.2, 0) is 20.9 Å². The van der Waals surface area contributed by atoms with Crippen molar-refractivity contribution in [2.45, 2.75) is 32.6 Å². The highest BCUT2D eigenvalue weighted by Gasteiger charge is 2.18. The molecule has 9 nitrogen and oxygen atoms in total. The largest absolute Gasteiger partial charge is 0.493 e. The van der Waals surface area contributed by atoms with Crippen molar-refractivity contribution in [1.82, 2.24) is 10.1 Å². The Bertz CT molecular complexity index is 1100. The molecule has 1 N–H and O–H groups in total. The molecule has 1 aromatic carbocycles. The molecule has 0 aliphatic carbocycles. The van der Waals surface area contributed by atoms with Crippen LogP contribution in [0.1, 0.15) is 25.3 Å². The van der Waals surface area contributed by atoms with E-state index < -0.39 is 11.2 Å². The first-order chi connectivity index (χ1) is 15.9. The Morgan fingerprint density at radius 2 is 2.09 bits per heavy atom. The summed E-state index contributed by atoms with van der Waals surface area (Å²) in [6, 6.07) is 7.24. The van der Waals surface area contributed by atoms with E-state index in [-0.39, 0.29) is 18.3 Å². The van der Waals surface area contributed by atoms with Crippen LogP contribution in [0, 0.1) is 6.92 Å². The molecular formula is C22H25N3O6S2. The van der Waals surface area contributed by atoms with Crippen molar-refractivity contribution in [2.24, 2.45) is 0 Å². The molecule has 3 aromatic rings. The van der Waals surface area contributed by atoms with Crippen LogP contribution in [0.3, 0.4) is 0 Å². The number of anilines is 1. The van der Waals surface area contributed by atoms with Gasteiger partial charge in [0.05, 0.1) is 30.4 Å². The molecule has 1 atom stereocenters. The molecule has 0 bridgehead atoms. The van der Waals surface area contributed by atoms with Crippen LogP contribution in [-0.4, -0.2) is 46.7 Å². The van der Waals surface area contributed by atoms with Crippen molar-refractivity contribution in [3.8, 4) is 22.1 Å². The number of hydrogen-bond donors (Lipinski definition) is 1. The number of ether oxygens (including phenoxy) is 3. The highest BCUT2D eigenvalue weighted by atomic mass is 32.2. The minimum Gasteiger partial charge on any atom is -0.493 e. The SMILES string of the molecule is CCOc1ccc(-c2nc(COC(=O)CS[C@@H](C)C(=O)Nc3cc(C)on3)cs2)cc1OC. The topological polar surface area (TPSA) is 113 Å². The summed E-state index contributed by atoms with van der Waals surface area (Å²) in [4.78, 5) is 28.8. The van der Waals surface area contributed by atoms with E-state index in [1.54, 1.807) is 27.0 Å². The van der Waals surface area contributed by atoms with Crippen LogP contribution in [0.5, 0.6) is 11.5 Å². The van der Waals surface area contributed by atoms with Crippen molar-refractivity contribution in [1.29, 1.82) is 0 Å². The summed E-state index contributed by atoms with van der Waals surface area (Å²) in [6.45, 7) is 5.96. The first kappa shape index (κ1) is 24.6. The molecule has 33 heavy (non-hydrogen) atoms. The van der Waals surface area contributed by atoms with Gasteiger partial charge in [-0.1, -0.05) is 5.16 Å². The number of methoxy groups -OCH3 is 1. The lowest BCUT2D eigenvalue weighted by atomic mass is 10.2. The highest BCUT2D eigenvalue weighted by Crippen LogP contribution is 2.33. The van der Waals surface area contributed by atoms with E-state index in [2.05, 4.69) is 15.5 Å². The third kappa shape index (κ3) is 6.96. The third-order valence-corrected chi connectivity index (χ3v) is 6.40. The molecule has 0 aliphatic rings. The summed E-state index contributed by atoms with van der Waals surface area (Å²) >= 11 is 2.62. The molecule has 0 radical (unpaired) electrons. The molecule has 1 amide bonds. The van der Waals surface area contributed by atoms with Gasteiger partial charge in [0.2, 0.25) is 5.91 Å². The van der Waals surface area contributed by atoms with Gasteiger partial charge >= 0.3 is 5.97 Å². The van der Waals surface area contributed by atoms with Crippen molar-refractivity contribution >= 4 is 40.8 Å². The summed E-state index contributed by atoms with van der Waals surface area (Å²) in [7, 11) is 1.59. The molecule has 176 valence electrons.